The fourth-order valence-corrected chi connectivity index (χ4v) is 2.84. The highest BCUT2D eigenvalue weighted by molar-refractivity contribution is 5.94. The fourth-order valence-electron chi connectivity index (χ4n) is 2.84. The Morgan fingerprint density at radius 1 is 1.38 bits per heavy atom. The molecule has 0 bridgehead atoms. The summed E-state index contributed by atoms with van der Waals surface area (Å²) in [6, 6.07) is 3.61. The van der Waals surface area contributed by atoms with Gasteiger partial charge in [0.2, 0.25) is 0 Å². The molecule has 1 aromatic rings. The third-order valence-electron chi connectivity index (χ3n) is 3.86. The monoisotopic (exact) mass is 346 g/mol. The molecule has 2 saturated heterocycles. The molecule has 3 rings (SSSR count). The summed E-state index contributed by atoms with van der Waals surface area (Å²) in [5.74, 6) is -2.16. The Morgan fingerprint density at radius 2 is 2.04 bits per heavy atom. The maximum Gasteiger partial charge on any atom is 0.490 e. The molecule has 1 amide bonds. The predicted octanol–water partition coefficient (Wildman–Crippen LogP) is 1.96. The normalized spacial score (nSPS) is 25.7. The van der Waals surface area contributed by atoms with Crippen LogP contribution in [0.25, 0.3) is 0 Å². The molecule has 1 N–H and O–H groups in total. The number of hydrogen-bond donors (Lipinski definition) is 1. The summed E-state index contributed by atoms with van der Waals surface area (Å²) in [6.07, 6.45) is -0.118. The fraction of sp³-hybridized carbons (Fsp3) is 0.533. The highest BCUT2D eigenvalue weighted by Crippen LogP contribution is 2.33. The van der Waals surface area contributed by atoms with Crippen molar-refractivity contribution in [3.8, 4) is 0 Å². The van der Waals surface area contributed by atoms with Crippen LogP contribution in [0.2, 0.25) is 0 Å². The molecular formula is C15H17F3N2O4. The molecule has 0 aliphatic carbocycles. The van der Waals surface area contributed by atoms with E-state index < -0.39 is 12.1 Å². The van der Waals surface area contributed by atoms with Crippen molar-refractivity contribution in [2.75, 3.05) is 13.1 Å². The zero-order valence-electron chi connectivity index (χ0n) is 12.9. The second-order valence-corrected chi connectivity index (χ2v) is 5.74. The van der Waals surface area contributed by atoms with E-state index >= 15 is 0 Å². The molecule has 2 aliphatic rings. The molecule has 9 heteroatoms. The molecule has 2 aliphatic heterocycles. The molecule has 2 fully saturated rings. The summed E-state index contributed by atoms with van der Waals surface area (Å²) in [6.45, 7) is 3.65. The number of carbonyl (C=O) groups excluding carboxylic acids is 1. The lowest BCUT2D eigenvalue weighted by molar-refractivity contribution is -0.192. The van der Waals surface area contributed by atoms with Gasteiger partial charge in [0.15, 0.2) is 0 Å². The average Bonchev–Trinajstić information content (AvgIpc) is 3.04. The zero-order chi connectivity index (χ0) is 17.9. The number of aromatic nitrogens is 1. The van der Waals surface area contributed by atoms with E-state index in [-0.39, 0.29) is 12.0 Å². The standard InChI is InChI=1S/C13H16N2O2.C2HF3O2/c1-9-5-11-7-15(8-12(11)17-9)13(16)10-3-2-4-14-6-10;3-2(4,5)1(6)7/h2-4,6,9,11-12H,5,7-8H2,1H3;(H,6,7)/t9-,11+,12-;/m1./s1. The van der Waals surface area contributed by atoms with Crippen LogP contribution in [-0.4, -0.2) is 58.3 Å². The Labute approximate surface area is 136 Å². The number of ether oxygens (including phenoxy) is 1. The number of carbonyl (C=O) groups is 2. The van der Waals surface area contributed by atoms with Gasteiger partial charge < -0.3 is 14.7 Å². The van der Waals surface area contributed by atoms with Crippen molar-refractivity contribution in [3.63, 3.8) is 0 Å². The number of fused-ring (bicyclic) bond motifs is 1. The number of halogens is 3. The number of carboxylic acid groups (broad SMARTS) is 1. The second-order valence-electron chi connectivity index (χ2n) is 5.74. The molecule has 1 aromatic heterocycles. The molecule has 0 aromatic carbocycles. The minimum Gasteiger partial charge on any atom is -0.475 e. The first kappa shape index (κ1) is 18.2. The Balaban J connectivity index is 0.000000256. The summed E-state index contributed by atoms with van der Waals surface area (Å²) in [5.41, 5.74) is 0.667. The summed E-state index contributed by atoms with van der Waals surface area (Å²) < 4.78 is 37.5. The van der Waals surface area contributed by atoms with Crippen LogP contribution in [0, 0.1) is 5.92 Å². The Hall–Kier alpha value is -2.16. The topological polar surface area (TPSA) is 79.7 Å². The maximum atomic E-state index is 12.2. The number of alkyl halides is 3. The third-order valence-corrected chi connectivity index (χ3v) is 3.86. The number of amides is 1. The van der Waals surface area contributed by atoms with Gasteiger partial charge in [0, 0.05) is 31.4 Å². The molecule has 0 spiro atoms. The molecule has 24 heavy (non-hydrogen) atoms. The number of hydrogen-bond acceptors (Lipinski definition) is 4. The van der Waals surface area contributed by atoms with E-state index in [1.807, 2.05) is 11.0 Å². The number of aliphatic carboxylic acids is 1. The van der Waals surface area contributed by atoms with Crippen molar-refractivity contribution < 1.29 is 32.6 Å². The van der Waals surface area contributed by atoms with E-state index in [0.29, 0.717) is 17.6 Å². The van der Waals surface area contributed by atoms with Gasteiger partial charge in [-0.05, 0) is 25.5 Å². The Morgan fingerprint density at radius 3 is 2.54 bits per heavy atom. The van der Waals surface area contributed by atoms with Gasteiger partial charge in [-0.15, -0.1) is 0 Å². The number of likely N-dealkylation sites (tertiary alicyclic amines) is 1. The van der Waals surface area contributed by atoms with Crippen molar-refractivity contribution in [2.45, 2.75) is 31.7 Å². The Kier molecular flexibility index (Phi) is 5.43. The van der Waals surface area contributed by atoms with Crippen molar-refractivity contribution in [1.82, 2.24) is 9.88 Å². The highest BCUT2D eigenvalue weighted by Gasteiger charge is 2.42. The van der Waals surface area contributed by atoms with E-state index in [0.717, 1.165) is 19.5 Å². The van der Waals surface area contributed by atoms with E-state index in [9.17, 15) is 18.0 Å². The first-order chi connectivity index (χ1) is 11.2. The second kappa shape index (κ2) is 7.16. The number of carboxylic acids is 1. The number of rotatable bonds is 1. The van der Waals surface area contributed by atoms with E-state index in [1.165, 1.54) is 0 Å². The van der Waals surface area contributed by atoms with Crippen LogP contribution in [0.15, 0.2) is 24.5 Å². The van der Waals surface area contributed by atoms with Crippen molar-refractivity contribution in [3.05, 3.63) is 30.1 Å². The molecule has 3 atom stereocenters. The molecule has 0 saturated carbocycles. The van der Waals surface area contributed by atoms with Gasteiger partial charge in [-0.25, -0.2) is 4.79 Å². The molecule has 0 radical (unpaired) electrons. The number of pyridine rings is 1. The van der Waals surface area contributed by atoms with Gasteiger partial charge in [-0.1, -0.05) is 0 Å². The zero-order valence-corrected chi connectivity index (χ0v) is 12.9. The predicted molar refractivity (Wildman–Crippen MR) is 76.3 cm³/mol. The lowest BCUT2D eigenvalue weighted by atomic mass is 10.0. The smallest absolute Gasteiger partial charge is 0.475 e. The van der Waals surface area contributed by atoms with E-state index in [2.05, 4.69) is 11.9 Å². The van der Waals surface area contributed by atoms with Gasteiger partial charge in [-0.2, -0.15) is 13.2 Å². The first-order valence-electron chi connectivity index (χ1n) is 7.33. The van der Waals surface area contributed by atoms with Crippen molar-refractivity contribution in [1.29, 1.82) is 0 Å². The summed E-state index contributed by atoms with van der Waals surface area (Å²) >= 11 is 0. The first-order valence-corrected chi connectivity index (χ1v) is 7.33. The lowest BCUT2D eigenvalue weighted by Crippen LogP contribution is -2.31. The van der Waals surface area contributed by atoms with Gasteiger partial charge in [0.05, 0.1) is 17.8 Å². The lowest BCUT2D eigenvalue weighted by Gasteiger charge is -2.18. The van der Waals surface area contributed by atoms with E-state index in [4.69, 9.17) is 14.6 Å². The molecule has 0 unspecified atom stereocenters. The molecule has 3 heterocycles. The van der Waals surface area contributed by atoms with Crippen LogP contribution in [0.1, 0.15) is 23.7 Å². The molecule has 132 valence electrons. The van der Waals surface area contributed by atoms with Gasteiger partial charge in [0.1, 0.15) is 0 Å². The van der Waals surface area contributed by atoms with Gasteiger partial charge in [-0.3, -0.25) is 9.78 Å². The van der Waals surface area contributed by atoms with Crippen LogP contribution >= 0.6 is 0 Å². The van der Waals surface area contributed by atoms with E-state index in [1.54, 1.807) is 18.5 Å². The minimum atomic E-state index is -5.08. The SMILES string of the molecule is C[C@@H]1C[C@H]2CN(C(=O)c3cccnc3)C[C@H]2O1.O=C(O)C(F)(F)F. The molecule has 6 nitrogen and oxygen atoms in total. The van der Waals surface area contributed by atoms with Crippen molar-refractivity contribution >= 4 is 11.9 Å². The van der Waals surface area contributed by atoms with Crippen LogP contribution in [0.4, 0.5) is 13.2 Å². The van der Waals surface area contributed by atoms with Gasteiger partial charge >= 0.3 is 12.1 Å². The van der Waals surface area contributed by atoms with Crippen molar-refractivity contribution in [2.24, 2.45) is 5.92 Å². The van der Waals surface area contributed by atoms with Crippen LogP contribution < -0.4 is 0 Å². The summed E-state index contributed by atoms with van der Waals surface area (Å²) in [7, 11) is 0. The van der Waals surface area contributed by atoms with Crippen LogP contribution in [0.3, 0.4) is 0 Å². The van der Waals surface area contributed by atoms with Crippen LogP contribution in [0.5, 0.6) is 0 Å². The minimum absolute atomic E-state index is 0.0729. The van der Waals surface area contributed by atoms with Crippen LogP contribution in [-0.2, 0) is 9.53 Å². The Bertz CT molecular complexity index is 580. The largest absolute Gasteiger partial charge is 0.490 e. The highest BCUT2D eigenvalue weighted by atomic mass is 19.4. The third kappa shape index (κ3) is 4.44. The quantitative estimate of drug-likeness (QED) is 0.841. The maximum absolute atomic E-state index is 12.2. The molecular weight excluding hydrogens is 329 g/mol. The summed E-state index contributed by atoms with van der Waals surface area (Å²) in [4.78, 5) is 27.0. The summed E-state index contributed by atoms with van der Waals surface area (Å²) in [5, 5.41) is 7.12. The average molecular weight is 346 g/mol. The number of nitrogens with zero attached hydrogens (tertiary/aromatic N) is 2. The van der Waals surface area contributed by atoms with Gasteiger partial charge in [0.25, 0.3) is 5.91 Å².